The molecule has 0 aliphatic carbocycles. The normalized spacial score (nSPS) is 51.3. The van der Waals surface area contributed by atoms with Crippen LogP contribution in [-0.4, -0.2) is 121 Å². The average Bonchev–Trinajstić information content (AvgIpc) is 2.62. The number of aliphatic hydroxyl groups is 8. The van der Waals surface area contributed by atoms with Crippen molar-refractivity contribution in [1.82, 2.24) is 0 Å². The third kappa shape index (κ3) is 3.56. The van der Waals surface area contributed by atoms with Gasteiger partial charge in [-0.25, -0.2) is 0 Å². The molecule has 2 aliphatic rings. The van der Waals surface area contributed by atoms with E-state index in [1.165, 1.54) is 0 Å². The van der Waals surface area contributed by atoms with Crippen LogP contribution >= 0.6 is 0 Å². The molecule has 2 aliphatic heterocycles. The van der Waals surface area contributed by atoms with Gasteiger partial charge in [-0.15, -0.1) is 0 Å². The lowest BCUT2D eigenvalue weighted by Gasteiger charge is -2.47. The Morgan fingerprint density at radius 2 is 1.60 bits per heavy atom. The van der Waals surface area contributed by atoms with Crippen molar-refractivity contribution in [2.45, 2.75) is 60.9 Å². The first-order valence-corrected chi connectivity index (χ1v) is 7.47. The Morgan fingerprint density at radius 1 is 0.960 bits per heavy atom. The first-order valence-electron chi connectivity index (χ1n) is 7.47. The van der Waals surface area contributed by atoms with Gasteiger partial charge in [-0.3, -0.25) is 4.79 Å². The predicted octanol–water partition coefficient (Wildman–Crippen LogP) is -5.83. The summed E-state index contributed by atoms with van der Waals surface area (Å²) in [6.45, 7) is -1.80. The lowest BCUT2D eigenvalue weighted by molar-refractivity contribution is -0.366. The molecule has 0 amide bonds. The lowest BCUT2D eigenvalue weighted by Crippen LogP contribution is -2.69. The molecule has 0 radical (unpaired) electrons. The number of rotatable bonds is 5. The Labute approximate surface area is 141 Å². The number of aldehydes is 1. The van der Waals surface area contributed by atoms with Crippen LogP contribution in [0.1, 0.15) is 0 Å². The van der Waals surface area contributed by atoms with E-state index < -0.39 is 74.1 Å². The summed E-state index contributed by atoms with van der Waals surface area (Å²) < 4.78 is 15.2. The topological polar surface area (TPSA) is 207 Å². The summed E-state index contributed by atoms with van der Waals surface area (Å²) >= 11 is 0. The van der Waals surface area contributed by atoms with Gasteiger partial charge in [-0.05, 0) is 0 Å². The summed E-state index contributed by atoms with van der Waals surface area (Å²) in [5.74, 6) is 0. The van der Waals surface area contributed by atoms with Crippen LogP contribution in [0.25, 0.3) is 0 Å². The van der Waals surface area contributed by atoms with Gasteiger partial charge in [-0.2, -0.15) is 0 Å². The molecule has 0 saturated carbocycles. The van der Waals surface area contributed by atoms with Crippen LogP contribution in [0.4, 0.5) is 0 Å². The zero-order valence-electron chi connectivity index (χ0n) is 12.9. The van der Waals surface area contributed by atoms with Crippen LogP contribution in [-0.2, 0) is 19.0 Å². The third-order valence-electron chi connectivity index (χ3n) is 4.37. The van der Waals surface area contributed by atoms with E-state index in [9.17, 15) is 45.6 Å². The Bertz CT molecular complexity index is 460. The average molecular weight is 370 g/mol. The van der Waals surface area contributed by atoms with Crippen LogP contribution in [0.2, 0.25) is 0 Å². The minimum Gasteiger partial charge on any atom is -0.394 e. The third-order valence-corrected chi connectivity index (χ3v) is 4.37. The molecular formula is C13H22O12. The molecule has 0 aromatic rings. The second-order valence-electron chi connectivity index (χ2n) is 5.97. The van der Waals surface area contributed by atoms with Crippen molar-refractivity contribution in [3.05, 3.63) is 0 Å². The maximum Gasteiger partial charge on any atom is 0.188 e. The second-order valence-corrected chi connectivity index (χ2v) is 5.97. The summed E-state index contributed by atoms with van der Waals surface area (Å²) in [7, 11) is 0. The number of aliphatic hydroxyl groups excluding tert-OH is 8. The van der Waals surface area contributed by atoms with Gasteiger partial charge in [0.05, 0.1) is 13.2 Å². The van der Waals surface area contributed by atoms with Gasteiger partial charge in [0.2, 0.25) is 0 Å². The molecule has 2 saturated heterocycles. The van der Waals surface area contributed by atoms with Crippen LogP contribution in [0.5, 0.6) is 0 Å². The Kier molecular flexibility index (Phi) is 6.45. The van der Waals surface area contributed by atoms with Crippen molar-refractivity contribution >= 4 is 6.29 Å². The van der Waals surface area contributed by atoms with E-state index in [1.807, 2.05) is 0 Å². The molecule has 2 rings (SSSR count). The molecule has 146 valence electrons. The molecule has 0 aromatic heterocycles. The van der Waals surface area contributed by atoms with Gasteiger partial charge in [0.1, 0.15) is 42.7 Å². The van der Waals surface area contributed by atoms with E-state index in [0.29, 0.717) is 0 Å². The fourth-order valence-electron chi connectivity index (χ4n) is 2.76. The van der Waals surface area contributed by atoms with Crippen molar-refractivity contribution in [1.29, 1.82) is 0 Å². The fraction of sp³-hybridized carbons (Fsp3) is 0.923. The molecule has 0 aromatic carbocycles. The molecule has 10 atom stereocenters. The minimum atomic E-state index is -2.30. The molecule has 25 heavy (non-hydrogen) atoms. The van der Waals surface area contributed by atoms with Gasteiger partial charge in [-0.1, -0.05) is 0 Å². The van der Waals surface area contributed by atoms with E-state index in [0.717, 1.165) is 0 Å². The maximum atomic E-state index is 11.2. The van der Waals surface area contributed by atoms with Crippen molar-refractivity contribution in [2.24, 2.45) is 0 Å². The van der Waals surface area contributed by atoms with Gasteiger partial charge in [0, 0.05) is 0 Å². The summed E-state index contributed by atoms with van der Waals surface area (Å²) in [5.41, 5.74) is -2.30. The van der Waals surface area contributed by atoms with Gasteiger partial charge in [0.15, 0.2) is 24.5 Å². The fourth-order valence-corrected chi connectivity index (χ4v) is 2.76. The van der Waals surface area contributed by atoms with E-state index in [1.54, 1.807) is 0 Å². The largest absolute Gasteiger partial charge is 0.394 e. The van der Waals surface area contributed by atoms with Crippen molar-refractivity contribution < 1.29 is 59.9 Å². The predicted molar refractivity (Wildman–Crippen MR) is 73.6 cm³/mol. The molecule has 8 N–H and O–H groups in total. The van der Waals surface area contributed by atoms with Crippen LogP contribution in [0, 0.1) is 0 Å². The molecule has 12 heteroatoms. The highest BCUT2D eigenvalue weighted by Crippen LogP contribution is 2.32. The second kappa shape index (κ2) is 7.85. The standard InChI is InChI=1S/C13H22O12/c14-1-4-9(5(17)7(19)11(22)23-4)24-12-8(20)6(18)10(21)13(2-15,3-16)25-12/h2,4-12,14,16-22H,1,3H2/t4-,5-,6-,7-,8-,9-,10-,11-,12+,13-/m1/s1. The highest BCUT2D eigenvalue weighted by molar-refractivity contribution is 5.64. The monoisotopic (exact) mass is 370 g/mol. The Hall–Kier alpha value is -0.770. The van der Waals surface area contributed by atoms with Crippen LogP contribution in [0.15, 0.2) is 0 Å². The molecule has 0 bridgehead atoms. The van der Waals surface area contributed by atoms with Gasteiger partial charge in [0.25, 0.3) is 0 Å². The molecular weight excluding hydrogens is 348 g/mol. The highest BCUT2D eigenvalue weighted by Gasteiger charge is 2.56. The quantitative estimate of drug-likeness (QED) is 0.213. The van der Waals surface area contributed by atoms with Gasteiger partial charge < -0.3 is 55.1 Å². The zero-order valence-corrected chi connectivity index (χ0v) is 12.9. The van der Waals surface area contributed by atoms with Crippen molar-refractivity contribution in [3.8, 4) is 0 Å². The molecule has 12 nitrogen and oxygen atoms in total. The van der Waals surface area contributed by atoms with E-state index >= 15 is 0 Å². The molecule has 0 unspecified atom stereocenters. The first kappa shape index (κ1) is 20.5. The van der Waals surface area contributed by atoms with Gasteiger partial charge >= 0.3 is 0 Å². The van der Waals surface area contributed by atoms with Crippen molar-refractivity contribution in [3.63, 3.8) is 0 Å². The van der Waals surface area contributed by atoms with E-state index in [2.05, 4.69) is 0 Å². The number of carbonyl (C=O) groups is 1. The zero-order chi connectivity index (χ0) is 18.9. The smallest absolute Gasteiger partial charge is 0.188 e. The number of carbonyl (C=O) groups excluding carboxylic acids is 1. The highest BCUT2D eigenvalue weighted by atomic mass is 16.7. The number of hydrogen-bond acceptors (Lipinski definition) is 12. The summed E-state index contributed by atoms with van der Waals surface area (Å²) in [6.07, 6.45) is -15.9. The Morgan fingerprint density at radius 3 is 2.12 bits per heavy atom. The first-order chi connectivity index (χ1) is 11.7. The number of ether oxygens (including phenoxy) is 3. The van der Waals surface area contributed by atoms with Crippen LogP contribution in [0.3, 0.4) is 0 Å². The number of hydrogen-bond donors (Lipinski definition) is 8. The van der Waals surface area contributed by atoms with Crippen molar-refractivity contribution in [2.75, 3.05) is 13.2 Å². The lowest BCUT2D eigenvalue weighted by atomic mass is 9.88. The maximum absolute atomic E-state index is 11.2. The summed E-state index contributed by atoms with van der Waals surface area (Å²) in [4.78, 5) is 11.2. The SMILES string of the molecule is O=C[C@]1(CO)O[C@H](O[C@H]2[C@H](O)[C@@H](O)[C@H](O)O[C@@H]2CO)[C@H](O)[C@@H](O)[C@H]1O. The minimum absolute atomic E-state index is 0.0268. The summed E-state index contributed by atoms with van der Waals surface area (Å²) in [6, 6.07) is 0. The Balaban J connectivity index is 2.23. The summed E-state index contributed by atoms with van der Waals surface area (Å²) in [5, 5.41) is 77.3. The van der Waals surface area contributed by atoms with E-state index in [4.69, 9.17) is 14.2 Å². The van der Waals surface area contributed by atoms with E-state index in [-0.39, 0.29) is 6.29 Å². The molecule has 2 heterocycles. The molecule has 0 spiro atoms. The molecule has 2 fully saturated rings. The van der Waals surface area contributed by atoms with Crippen LogP contribution < -0.4 is 0 Å².